The fourth-order valence-corrected chi connectivity index (χ4v) is 4.07. The molecule has 0 fully saturated rings. The van der Waals surface area contributed by atoms with E-state index in [-0.39, 0.29) is 5.91 Å². The first-order chi connectivity index (χ1) is 16.7. The van der Waals surface area contributed by atoms with Crippen molar-refractivity contribution in [2.45, 2.75) is 11.8 Å². The topological polar surface area (TPSA) is 60.5 Å². The van der Waals surface area contributed by atoms with Gasteiger partial charge in [0.2, 0.25) is 11.8 Å². The number of pyridine rings is 1. The van der Waals surface area contributed by atoms with E-state index in [4.69, 9.17) is 9.47 Å². The number of benzene rings is 3. The number of carbonyl (C=O) groups excluding carboxylic acids is 1. The predicted molar refractivity (Wildman–Crippen MR) is 134 cm³/mol. The van der Waals surface area contributed by atoms with Crippen LogP contribution in [0.15, 0.2) is 109 Å². The van der Waals surface area contributed by atoms with Crippen LogP contribution in [0.5, 0.6) is 5.88 Å². The lowest BCUT2D eigenvalue weighted by Crippen LogP contribution is -2.43. The van der Waals surface area contributed by atoms with Gasteiger partial charge in [-0.2, -0.15) is 0 Å². The Morgan fingerprint density at radius 3 is 1.91 bits per heavy atom. The summed E-state index contributed by atoms with van der Waals surface area (Å²) in [5.74, 6) is 0.361. The second-order valence-electron chi connectivity index (χ2n) is 7.98. The maximum absolute atomic E-state index is 14.1. The Kier molecular flexibility index (Phi) is 7.68. The Bertz CT molecular complexity index is 1120. The van der Waals surface area contributed by atoms with Crippen molar-refractivity contribution in [2.75, 3.05) is 25.6 Å². The number of rotatable bonds is 10. The molecule has 0 aliphatic heterocycles. The Labute approximate surface area is 200 Å². The first-order valence-electron chi connectivity index (χ1n) is 11.3. The van der Waals surface area contributed by atoms with Crippen molar-refractivity contribution in [1.82, 2.24) is 4.98 Å². The van der Waals surface area contributed by atoms with Crippen LogP contribution in [-0.4, -0.2) is 31.2 Å². The zero-order valence-electron chi connectivity index (χ0n) is 19.2. The lowest BCUT2D eigenvalue weighted by Gasteiger charge is -2.34. The molecule has 5 nitrogen and oxygen atoms in total. The summed E-state index contributed by atoms with van der Waals surface area (Å²) in [5, 5.41) is 3.11. The van der Waals surface area contributed by atoms with Crippen LogP contribution in [0.25, 0.3) is 0 Å². The Balaban J connectivity index is 1.72. The van der Waals surface area contributed by atoms with Gasteiger partial charge in [0.1, 0.15) is 12.0 Å². The average Bonchev–Trinajstić information content (AvgIpc) is 2.90. The summed E-state index contributed by atoms with van der Waals surface area (Å²) in [5.41, 5.74) is 2.60. The highest BCUT2D eigenvalue weighted by Crippen LogP contribution is 2.37. The Morgan fingerprint density at radius 1 is 0.794 bits per heavy atom. The van der Waals surface area contributed by atoms with Crippen LogP contribution in [0.1, 0.15) is 16.7 Å². The highest BCUT2D eigenvalue weighted by molar-refractivity contribution is 6.02. The van der Waals surface area contributed by atoms with Crippen molar-refractivity contribution in [1.29, 1.82) is 0 Å². The number of aromatic nitrogens is 1. The highest BCUT2D eigenvalue weighted by atomic mass is 16.5. The molecule has 0 bridgehead atoms. The summed E-state index contributed by atoms with van der Waals surface area (Å²) in [4.78, 5) is 18.5. The van der Waals surface area contributed by atoms with Crippen molar-refractivity contribution in [3.63, 3.8) is 0 Å². The molecule has 0 atom stereocenters. The van der Waals surface area contributed by atoms with Gasteiger partial charge in [-0.3, -0.25) is 4.79 Å². The van der Waals surface area contributed by atoms with Crippen LogP contribution < -0.4 is 10.1 Å². The van der Waals surface area contributed by atoms with Crippen molar-refractivity contribution in [3.8, 4) is 5.88 Å². The minimum atomic E-state index is -0.933. The third-order valence-electron chi connectivity index (χ3n) is 5.76. The molecule has 0 aliphatic carbocycles. The number of nitrogens with one attached hydrogen (secondary N) is 1. The molecule has 0 aliphatic rings. The molecule has 0 saturated carbocycles. The van der Waals surface area contributed by atoms with Gasteiger partial charge in [0, 0.05) is 13.2 Å². The molecular weight excluding hydrogens is 424 g/mol. The van der Waals surface area contributed by atoms with Crippen LogP contribution in [0.4, 0.5) is 5.69 Å². The first kappa shape index (κ1) is 23.2. The van der Waals surface area contributed by atoms with E-state index >= 15 is 0 Å². The SMILES string of the molecule is COCCOc1ccc(NC(=O)C(Cc2ccccc2)(c2ccccc2)c2ccccc2)cn1. The maximum atomic E-state index is 14.1. The van der Waals surface area contributed by atoms with Gasteiger partial charge in [-0.1, -0.05) is 91.0 Å². The molecule has 3 aromatic carbocycles. The predicted octanol–water partition coefficient (Wildman–Crippen LogP) is 5.27. The second kappa shape index (κ2) is 11.3. The largest absolute Gasteiger partial charge is 0.475 e. The molecule has 0 saturated heterocycles. The summed E-state index contributed by atoms with van der Waals surface area (Å²) in [6.45, 7) is 0.897. The van der Waals surface area contributed by atoms with Crippen LogP contribution in [0, 0.1) is 0 Å². The third kappa shape index (κ3) is 5.33. The maximum Gasteiger partial charge on any atom is 0.239 e. The van der Waals surface area contributed by atoms with E-state index < -0.39 is 5.41 Å². The molecule has 1 heterocycles. The van der Waals surface area contributed by atoms with Gasteiger partial charge in [0.15, 0.2) is 0 Å². The molecular formula is C29H28N2O3. The number of methoxy groups -OCH3 is 1. The van der Waals surface area contributed by atoms with Crippen LogP contribution >= 0.6 is 0 Å². The van der Waals surface area contributed by atoms with Crippen LogP contribution in [0.2, 0.25) is 0 Å². The Morgan fingerprint density at radius 2 is 1.38 bits per heavy atom. The van der Waals surface area contributed by atoms with E-state index in [9.17, 15) is 4.79 Å². The van der Waals surface area contributed by atoms with Gasteiger partial charge in [-0.15, -0.1) is 0 Å². The van der Waals surface area contributed by atoms with E-state index in [0.717, 1.165) is 16.7 Å². The molecule has 4 aromatic rings. The Hall–Kier alpha value is -3.96. The molecule has 4 rings (SSSR count). The van der Waals surface area contributed by atoms with Gasteiger partial charge >= 0.3 is 0 Å². The van der Waals surface area contributed by atoms with E-state index in [2.05, 4.69) is 22.4 Å². The van der Waals surface area contributed by atoms with Gasteiger partial charge in [0.05, 0.1) is 18.5 Å². The van der Waals surface area contributed by atoms with Crippen LogP contribution in [-0.2, 0) is 21.4 Å². The normalized spacial score (nSPS) is 11.1. The second-order valence-corrected chi connectivity index (χ2v) is 7.98. The van der Waals surface area contributed by atoms with Gasteiger partial charge in [-0.25, -0.2) is 4.98 Å². The minimum Gasteiger partial charge on any atom is -0.475 e. The highest BCUT2D eigenvalue weighted by Gasteiger charge is 2.42. The van der Waals surface area contributed by atoms with Gasteiger partial charge in [-0.05, 0) is 29.2 Å². The molecule has 172 valence electrons. The molecule has 34 heavy (non-hydrogen) atoms. The number of hydrogen-bond donors (Lipinski definition) is 1. The van der Waals surface area contributed by atoms with Crippen LogP contribution in [0.3, 0.4) is 0 Å². The van der Waals surface area contributed by atoms with Crippen molar-refractivity contribution < 1.29 is 14.3 Å². The molecule has 1 N–H and O–H groups in total. The molecule has 1 aromatic heterocycles. The monoisotopic (exact) mass is 452 g/mol. The third-order valence-corrected chi connectivity index (χ3v) is 5.76. The van der Waals surface area contributed by atoms with E-state index in [1.165, 1.54) is 0 Å². The number of carbonyl (C=O) groups is 1. The molecule has 5 heteroatoms. The fraction of sp³-hybridized carbons (Fsp3) is 0.172. The summed E-state index contributed by atoms with van der Waals surface area (Å²) >= 11 is 0. The van der Waals surface area contributed by atoms with E-state index in [0.29, 0.717) is 31.2 Å². The lowest BCUT2D eigenvalue weighted by molar-refractivity contribution is -0.120. The average molecular weight is 453 g/mol. The molecule has 0 unspecified atom stereocenters. The zero-order valence-corrected chi connectivity index (χ0v) is 19.2. The van der Waals surface area contributed by atoms with E-state index in [1.54, 1.807) is 25.4 Å². The van der Waals surface area contributed by atoms with Crippen molar-refractivity contribution in [2.24, 2.45) is 0 Å². The molecule has 0 radical (unpaired) electrons. The summed E-state index contributed by atoms with van der Waals surface area (Å²) < 4.78 is 10.5. The van der Waals surface area contributed by atoms with Crippen molar-refractivity contribution >= 4 is 11.6 Å². The van der Waals surface area contributed by atoms with Gasteiger partial charge in [0.25, 0.3) is 0 Å². The number of hydrogen-bond acceptors (Lipinski definition) is 4. The number of ether oxygens (including phenoxy) is 2. The van der Waals surface area contributed by atoms with Crippen molar-refractivity contribution in [3.05, 3.63) is 126 Å². The fourth-order valence-electron chi connectivity index (χ4n) is 4.07. The minimum absolute atomic E-state index is 0.122. The molecule has 1 amide bonds. The molecule has 0 spiro atoms. The standard InChI is InChI=1S/C29H28N2O3/c1-33-19-20-34-27-18-17-26(22-30-27)31-28(32)29(24-13-7-3-8-14-24,25-15-9-4-10-16-25)21-23-11-5-2-6-12-23/h2-18,22H,19-21H2,1H3,(H,31,32). The van der Waals surface area contributed by atoms with Gasteiger partial charge < -0.3 is 14.8 Å². The number of amides is 1. The first-order valence-corrected chi connectivity index (χ1v) is 11.3. The van der Waals surface area contributed by atoms with E-state index in [1.807, 2.05) is 78.9 Å². The zero-order chi connectivity index (χ0) is 23.6. The smallest absolute Gasteiger partial charge is 0.239 e. The quantitative estimate of drug-likeness (QED) is 0.333. The summed E-state index contributed by atoms with van der Waals surface area (Å²) in [7, 11) is 1.62. The summed E-state index contributed by atoms with van der Waals surface area (Å²) in [6, 6.07) is 33.5. The number of nitrogens with zero attached hydrogens (tertiary/aromatic N) is 1. The number of anilines is 1. The lowest BCUT2D eigenvalue weighted by atomic mass is 9.69. The summed E-state index contributed by atoms with van der Waals surface area (Å²) in [6.07, 6.45) is 2.13.